The summed E-state index contributed by atoms with van der Waals surface area (Å²) in [6, 6.07) is 0. The molecule has 1 aliphatic heterocycles. The summed E-state index contributed by atoms with van der Waals surface area (Å²) in [5.41, 5.74) is 4.83. The number of hydrogen-bond donors (Lipinski definition) is 1. The first kappa shape index (κ1) is 15.8. The van der Waals surface area contributed by atoms with E-state index in [4.69, 9.17) is 5.10 Å². The van der Waals surface area contributed by atoms with Crippen molar-refractivity contribution < 1.29 is 0 Å². The maximum absolute atomic E-state index is 4.87. The quantitative estimate of drug-likeness (QED) is 0.862. The lowest BCUT2D eigenvalue weighted by Crippen LogP contribution is -2.38. The molecule has 3 rings (SSSR count). The summed E-state index contributed by atoms with van der Waals surface area (Å²) in [4.78, 5) is 0. The Labute approximate surface area is 122 Å². The summed E-state index contributed by atoms with van der Waals surface area (Å²) < 4.78 is 2.19. The third kappa shape index (κ3) is 2.17. The van der Waals surface area contributed by atoms with Gasteiger partial charge in [0.1, 0.15) is 0 Å². The number of halogens is 2. The number of piperidine rings is 1. The average molecular weight is 292 g/mol. The van der Waals surface area contributed by atoms with Gasteiger partial charge in [-0.15, -0.1) is 24.8 Å². The van der Waals surface area contributed by atoms with Crippen molar-refractivity contribution in [3.05, 3.63) is 17.0 Å². The largest absolute Gasteiger partial charge is 0.317 e. The van der Waals surface area contributed by atoms with Gasteiger partial charge < -0.3 is 5.32 Å². The fourth-order valence-corrected chi connectivity index (χ4v) is 3.49. The molecule has 0 saturated carbocycles. The van der Waals surface area contributed by atoms with Gasteiger partial charge in [-0.2, -0.15) is 5.10 Å². The molecule has 1 fully saturated rings. The van der Waals surface area contributed by atoms with Crippen molar-refractivity contribution >= 4 is 24.8 Å². The van der Waals surface area contributed by atoms with Crippen LogP contribution in [0.3, 0.4) is 0 Å². The second-order valence-electron chi connectivity index (χ2n) is 5.26. The molecule has 0 unspecified atom stereocenters. The zero-order chi connectivity index (χ0) is 11.2. The normalized spacial score (nSPS) is 20.1. The molecule has 2 aliphatic rings. The molecular weight excluding hydrogens is 269 g/mol. The van der Waals surface area contributed by atoms with Crippen LogP contribution in [0, 0.1) is 6.92 Å². The Balaban J connectivity index is 0.000000810. The standard InChI is InChI=1S/C13H21N3.2ClH/c1-3-16-10(2)11-4-5-13(12(11)15-16)6-8-14-9-7-13;;/h14H,3-9H2,1-2H3;2*1H. The summed E-state index contributed by atoms with van der Waals surface area (Å²) in [7, 11) is 0. The van der Waals surface area contributed by atoms with E-state index in [0.29, 0.717) is 5.41 Å². The smallest absolute Gasteiger partial charge is 0.0722 e. The van der Waals surface area contributed by atoms with Gasteiger partial charge in [0.2, 0.25) is 0 Å². The molecule has 1 aromatic heterocycles. The van der Waals surface area contributed by atoms with Crippen LogP contribution in [0.5, 0.6) is 0 Å². The molecule has 1 spiro atoms. The highest BCUT2D eigenvalue weighted by molar-refractivity contribution is 5.85. The molecule has 1 N–H and O–H groups in total. The predicted octanol–water partition coefficient (Wildman–Crippen LogP) is 2.62. The molecule has 104 valence electrons. The van der Waals surface area contributed by atoms with Crippen molar-refractivity contribution in [1.82, 2.24) is 15.1 Å². The van der Waals surface area contributed by atoms with Crippen molar-refractivity contribution in [2.45, 2.75) is 51.5 Å². The number of nitrogens with zero attached hydrogens (tertiary/aromatic N) is 2. The number of aryl methyl sites for hydroxylation is 1. The average Bonchev–Trinajstić information content (AvgIpc) is 2.81. The van der Waals surface area contributed by atoms with Crippen LogP contribution < -0.4 is 5.32 Å². The second-order valence-corrected chi connectivity index (χ2v) is 5.26. The monoisotopic (exact) mass is 291 g/mol. The van der Waals surface area contributed by atoms with Crippen LogP contribution in [0.1, 0.15) is 43.1 Å². The molecule has 2 heterocycles. The molecule has 1 aromatic rings. The number of aromatic nitrogens is 2. The van der Waals surface area contributed by atoms with Crippen LogP contribution in [-0.2, 0) is 18.4 Å². The summed E-state index contributed by atoms with van der Waals surface area (Å²) >= 11 is 0. The highest BCUT2D eigenvalue weighted by Gasteiger charge is 2.43. The van der Waals surface area contributed by atoms with Gasteiger partial charge in [-0.3, -0.25) is 4.68 Å². The van der Waals surface area contributed by atoms with E-state index in [1.54, 1.807) is 5.56 Å². The molecule has 0 bridgehead atoms. The Bertz CT molecular complexity index is 409. The number of fused-ring (bicyclic) bond motifs is 2. The number of hydrogen-bond acceptors (Lipinski definition) is 2. The van der Waals surface area contributed by atoms with E-state index in [1.807, 2.05) is 0 Å². The first-order chi connectivity index (χ1) is 7.77. The van der Waals surface area contributed by atoms with Gasteiger partial charge in [0, 0.05) is 17.7 Å². The van der Waals surface area contributed by atoms with Crippen LogP contribution in [0.2, 0.25) is 0 Å². The van der Waals surface area contributed by atoms with Crippen LogP contribution >= 0.6 is 24.8 Å². The van der Waals surface area contributed by atoms with E-state index in [2.05, 4.69) is 23.8 Å². The highest BCUT2D eigenvalue weighted by atomic mass is 35.5. The third-order valence-electron chi connectivity index (χ3n) is 4.55. The maximum atomic E-state index is 4.87. The van der Waals surface area contributed by atoms with E-state index in [1.165, 1.54) is 37.1 Å². The van der Waals surface area contributed by atoms with Gasteiger partial charge in [0.05, 0.1) is 5.69 Å². The number of rotatable bonds is 1. The lowest BCUT2D eigenvalue weighted by molar-refractivity contribution is 0.296. The van der Waals surface area contributed by atoms with Gasteiger partial charge in [-0.25, -0.2) is 0 Å². The van der Waals surface area contributed by atoms with Crippen molar-refractivity contribution in [1.29, 1.82) is 0 Å². The summed E-state index contributed by atoms with van der Waals surface area (Å²) in [6.07, 6.45) is 5.14. The first-order valence-electron chi connectivity index (χ1n) is 6.54. The topological polar surface area (TPSA) is 29.9 Å². The molecule has 1 aliphatic carbocycles. The molecule has 0 radical (unpaired) electrons. The Kier molecular flexibility index (Phi) is 5.10. The highest BCUT2D eigenvalue weighted by Crippen LogP contribution is 2.45. The van der Waals surface area contributed by atoms with Crippen molar-refractivity contribution in [3.63, 3.8) is 0 Å². The lowest BCUT2D eigenvalue weighted by atomic mass is 9.77. The van der Waals surface area contributed by atoms with Gasteiger partial charge in [-0.1, -0.05) is 0 Å². The van der Waals surface area contributed by atoms with E-state index < -0.39 is 0 Å². The summed E-state index contributed by atoms with van der Waals surface area (Å²) in [6.45, 7) is 7.75. The molecular formula is C13H23Cl2N3. The van der Waals surface area contributed by atoms with E-state index in [9.17, 15) is 0 Å². The fourth-order valence-electron chi connectivity index (χ4n) is 3.49. The maximum Gasteiger partial charge on any atom is 0.0722 e. The van der Waals surface area contributed by atoms with E-state index >= 15 is 0 Å². The SMILES string of the molecule is CCn1nc2c(c1C)CCC21CCNCC1.Cl.Cl. The Morgan fingerprint density at radius 1 is 1.22 bits per heavy atom. The lowest BCUT2D eigenvalue weighted by Gasteiger charge is -2.33. The zero-order valence-corrected chi connectivity index (χ0v) is 12.8. The van der Waals surface area contributed by atoms with Crippen LogP contribution in [0.4, 0.5) is 0 Å². The summed E-state index contributed by atoms with van der Waals surface area (Å²) in [5.74, 6) is 0. The van der Waals surface area contributed by atoms with Crippen molar-refractivity contribution in [2.75, 3.05) is 13.1 Å². The zero-order valence-electron chi connectivity index (χ0n) is 11.2. The van der Waals surface area contributed by atoms with Crippen molar-refractivity contribution in [2.24, 2.45) is 0 Å². The number of nitrogens with one attached hydrogen (secondary N) is 1. The molecule has 0 aromatic carbocycles. The van der Waals surface area contributed by atoms with Crippen LogP contribution in [0.15, 0.2) is 0 Å². The minimum atomic E-state index is 0. The minimum Gasteiger partial charge on any atom is -0.317 e. The summed E-state index contributed by atoms with van der Waals surface area (Å²) in [5, 5.41) is 8.34. The molecule has 3 nitrogen and oxygen atoms in total. The van der Waals surface area contributed by atoms with Crippen molar-refractivity contribution in [3.8, 4) is 0 Å². The Morgan fingerprint density at radius 3 is 2.50 bits per heavy atom. The van der Waals surface area contributed by atoms with Gasteiger partial charge in [0.25, 0.3) is 0 Å². The first-order valence-corrected chi connectivity index (χ1v) is 6.54. The van der Waals surface area contributed by atoms with Gasteiger partial charge in [0.15, 0.2) is 0 Å². The Morgan fingerprint density at radius 2 is 1.89 bits per heavy atom. The molecule has 18 heavy (non-hydrogen) atoms. The molecule has 1 saturated heterocycles. The minimum absolute atomic E-state index is 0. The second kappa shape index (κ2) is 5.81. The Hall–Kier alpha value is -0.250. The molecule has 0 amide bonds. The fraction of sp³-hybridized carbons (Fsp3) is 0.769. The molecule has 5 heteroatoms. The van der Waals surface area contributed by atoms with E-state index in [0.717, 1.165) is 19.6 Å². The predicted molar refractivity (Wildman–Crippen MR) is 79.2 cm³/mol. The van der Waals surface area contributed by atoms with Gasteiger partial charge >= 0.3 is 0 Å². The third-order valence-corrected chi connectivity index (χ3v) is 4.55. The van der Waals surface area contributed by atoms with Gasteiger partial charge in [-0.05, 0) is 58.2 Å². The van der Waals surface area contributed by atoms with E-state index in [-0.39, 0.29) is 24.8 Å². The van der Waals surface area contributed by atoms with Crippen LogP contribution in [0.25, 0.3) is 0 Å². The van der Waals surface area contributed by atoms with Crippen LogP contribution in [-0.4, -0.2) is 22.9 Å². The molecule has 0 atom stereocenters.